The number of hydrogen-bond donors (Lipinski definition) is 1. The maximum Gasteiger partial charge on any atom is 0.124 e. The average molecular weight is 237 g/mol. The third-order valence-electron chi connectivity index (χ3n) is 2.38. The Morgan fingerprint density at radius 2 is 1.94 bits per heavy atom. The molecule has 0 unspecified atom stereocenters. The molecule has 0 heterocycles. The van der Waals surface area contributed by atoms with Crippen molar-refractivity contribution >= 4 is 0 Å². The fourth-order valence-corrected chi connectivity index (χ4v) is 1.48. The van der Waals surface area contributed by atoms with E-state index in [-0.39, 0.29) is 5.54 Å². The van der Waals surface area contributed by atoms with Gasteiger partial charge in [-0.3, -0.25) is 0 Å². The number of methoxy groups -OCH3 is 1. The van der Waals surface area contributed by atoms with E-state index in [0.29, 0.717) is 6.61 Å². The SMILES string of the molecule is CCOc1ccc(OC)cc1CNC(C)(C)C. The molecule has 0 saturated heterocycles. The number of rotatable bonds is 5. The maximum absolute atomic E-state index is 5.61. The number of nitrogens with one attached hydrogen (secondary N) is 1. The Morgan fingerprint density at radius 3 is 2.47 bits per heavy atom. The quantitative estimate of drug-likeness (QED) is 0.854. The number of benzene rings is 1. The predicted molar refractivity (Wildman–Crippen MR) is 70.8 cm³/mol. The molecule has 0 bridgehead atoms. The van der Waals surface area contributed by atoms with Gasteiger partial charge in [-0.05, 0) is 45.9 Å². The van der Waals surface area contributed by atoms with Gasteiger partial charge >= 0.3 is 0 Å². The monoisotopic (exact) mass is 237 g/mol. The molecular weight excluding hydrogens is 214 g/mol. The highest BCUT2D eigenvalue weighted by molar-refractivity contribution is 5.40. The highest BCUT2D eigenvalue weighted by Crippen LogP contribution is 2.24. The van der Waals surface area contributed by atoms with Gasteiger partial charge in [0.2, 0.25) is 0 Å². The van der Waals surface area contributed by atoms with Crippen LogP contribution in [-0.2, 0) is 6.54 Å². The Labute approximate surface area is 104 Å². The van der Waals surface area contributed by atoms with Gasteiger partial charge in [0.25, 0.3) is 0 Å². The topological polar surface area (TPSA) is 30.5 Å². The Hall–Kier alpha value is -1.22. The van der Waals surface area contributed by atoms with Crippen molar-refractivity contribution < 1.29 is 9.47 Å². The molecule has 0 saturated carbocycles. The molecule has 0 amide bonds. The molecule has 0 aliphatic heterocycles. The average Bonchev–Trinajstić information content (AvgIpc) is 2.27. The van der Waals surface area contributed by atoms with Crippen LogP contribution in [0.3, 0.4) is 0 Å². The summed E-state index contributed by atoms with van der Waals surface area (Å²) in [6, 6.07) is 5.90. The van der Waals surface area contributed by atoms with E-state index in [1.165, 1.54) is 0 Å². The summed E-state index contributed by atoms with van der Waals surface area (Å²) in [7, 11) is 1.68. The van der Waals surface area contributed by atoms with Gasteiger partial charge in [0, 0.05) is 17.6 Å². The van der Waals surface area contributed by atoms with E-state index in [9.17, 15) is 0 Å². The van der Waals surface area contributed by atoms with E-state index in [1.54, 1.807) is 7.11 Å². The first kappa shape index (κ1) is 13.8. The largest absolute Gasteiger partial charge is 0.497 e. The minimum atomic E-state index is 0.0898. The van der Waals surface area contributed by atoms with Crippen LogP contribution in [0.4, 0.5) is 0 Å². The summed E-state index contributed by atoms with van der Waals surface area (Å²) >= 11 is 0. The van der Waals surface area contributed by atoms with Crippen LogP contribution in [-0.4, -0.2) is 19.3 Å². The van der Waals surface area contributed by atoms with Gasteiger partial charge < -0.3 is 14.8 Å². The van der Waals surface area contributed by atoms with Gasteiger partial charge in [-0.1, -0.05) is 0 Å². The second-order valence-electron chi connectivity index (χ2n) is 5.01. The van der Waals surface area contributed by atoms with Crippen LogP contribution in [0.2, 0.25) is 0 Å². The standard InChI is InChI=1S/C14H23NO2/c1-6-17-13-8-7-12(16-5)9-11(13)10-15-14(2,3)4/h7-9,15H,6,10H2,1-5H3. The summed E-state index contributed by atoms with van der Waals surface area (Å²) < 4.78 is 10.8. The van der Waals surface area contributed by atoms with E-state index in [1.807, 2.05) is 25.1 Å². The molecule has 0 aliphatic rings. The molecule has 0 spiro atoms. The molecule has 17 heavy (non-hydrogen) atoms. The van der Waals surface area contributed by atoms with E-state index in [4.69, 9.17) is 9.47 Å². The molecule has 0 aliphatic carbocycles. The number of ether oxygens (including phenoxy) is 2. The van der Waals surface area contributed by atoms with Crippen molar-refractivity contribution in [1.29, 1.82) is 0 Å². The molecule has 3 heteroatoms. The summed E-state index contributed by atoms with van der Waals surface area (Å²) in [6.45, 7) is 9.88. The molecule has 1 aromatic carbocycles. The van der Waals surface area contributed by atoms with Crippen molar-refractivity contribution in [1.82, 2.24) is 5.32 Å². The zero-order valence-corrected chi connectivity index (χ0v) is 11.5. The minimum Gasteiger partial charge on any atom is -0.497 e. The van der Waals surface area contributed by atoms with Gasteiger partial charge in [-0.25, -0.2) is 0 Å². The summed E-state index contributed by atoms with van der Waals surface area (Å²) in [5.41, 5.74) is 1.22. The first-order valence-electron chi connectivity index (χ1n) is 6.01. The Balaban J connectivity index is 2.85. The van der Waals surface area contributed by atoms with E-state index < -0.39 is 0 Å². The minimum absolute atomic E-state index is 0.0898. The van der Waals surface area contributed by atoms with E-state index >= 15 is 0 Å². The first-order valence-corrected chi connectivity index (χ1v) is 6.01. The fraction of sp³-hybridized carbons (Fsp3) is 0.571. The molecule has 1 rings (SSSR count). The van der Waals surface area contributed by atoms with Crippen LogP contribution in [0.15, 0.2) is 18.2 Å². The number of hydrogen-bond acceptors (Lipinski definition) is 3. The Bertz CT molecular complexity index is 356. The molecule has 1 aromatic rings. The lowest BCUT2D eigenvalue weighted by Gasteiger charge is -2.22. The lowest BCUT2D eigenvalue weighted by molar-refractivity contribution is 0.330. The summed E-state index contributed by atoms with van der Waals surface area (Å²) in [5.74, 6) is 1.78. The van der Waals surface area contributed by atoms with Gasteiger partial charge in [0.15, 0.2) is 0 Å². The van der Waals surface area contributed by atoms with Crippen molar-refractivity contribution in [2.24, 2.45) is 0 Å². The van der Waals surface area contributed by atoms with Crippen LogP contribution in [0, 0.1) is 0 Å². The van der Waals surface area contributed by atoms with Crippen molar-refractivity contribution in [3.05, 3.63) is 23.8 Å². The lowest BCUT2D eigenvalue weighted by atomic mass is 10.1. The molecule has 3 nitrogen and oxygen atoms in total. The van der Waals surface area contributed by atoms with Crippen molar-refractivity contribution in [3.63, 3.8) is 0 Å². The molecule has 1 N–H and O–H groups in total. The van der Waals surface area contributed by atoms with Crippen molar-refractivity contribution in [2.75, 3.05) is 13.7 Å². The molecule has 0 atom stereocenters. The normalized spacial score (nSPS) is 11.4. The summed E-state index contributed by atoms with van der Waals surface area (Å²) in [6.07, 6.45) is 0. The molecular formula is C14H23NO2. The highest BCUT2D eigenvalue weighted by atomic mass is 16.5. The predicted octanol–water partition coefficient (Wildman–Crippen LogP) is 2.98. The van der Waals surface area contributed by atoms with Crippen LogP contribution in [0.25, 0.3) is 0 Å². The van der Waals surface area contributed by atoms with Crippen LogP contribution >= 0.6 is 0 Å². The van der Waals surface area contributed by atoms with Crippen LogP contribution in [0.5, 0.6) is 11.5 Å². The zero-order valence-electron chi connectivity index (χ0n) is 11.5. The molecule has 0 aromatic heterocycles. The maximum atomic E-state index is 5.61. The third-order valence-corrected chi connectivity index (χ3v) is 2.38. The van der Waals surface area contributed by atoms with Crippen LogP contribution < -0.4 is 14.8 Å². The Kier molecular flexibility index (Phi) is 4.82. The second kappa shape index (κ2) is 5.92. The van der Waals surface area contributed by atoms with Gasteiger partial charge in [0.1, 0.15) is 11.5 Å². The second-order valence-corrected chi connectivity index (χ2v) is 5.01. The van der Waals surface area contributed by atoms with Crippen LogP contribution in [0.1, 0.15) is 33.3 Å². The zero-order chi connectivity index (χ0) is 12.9. The van der Waals surface area contributed by atoms with Crippen molar-refractivity contribution in [3.8, 4) is 11.5 Å². The molecule has 96 valence electrons. The van der Waals surface area contributed by atoms with E-state index in [0.717, 1.165) is 23.6 Å². The lowest BCUT2D eigenvalue weighted by Crippen LogP contribution is -2.35. The highest BCUT2D eigenvalue weighted by Gasteiger charge is 2.11. The van der Waals surface area contributed by atoms with E-state index in [2.05, 4.69) is 26.1 Å². The molecule has 0 radical (unpaired) electrons. The first-order chi connectivity index (χ1) is 7.96. The molecule has 0 fully saturated rings. The smallest absolute Gasteiger partial charge is 0.124 e. The van der Waals surface area contributed by atoms with Crippen molar-refractivity contribution in [2.45, 2.75) is 39.8 Å². The summed E-state index contributed by atoms with van der Waals surface area (Å²) in [5, 5.41) is 3.45. The van der Waals surface area contributed by atoms with Gasteiger partial charge in [0.05, 0.1) is 13.7 Å². The summed E-state index contributed by atoms with van der Waals surface area (Å²) in [4.78, 5) is 0. The van der Waals surface area contributed by atoms with Gasteiger partial charge in [-0.15, -0.1) is 0 Å². The Morgan fingerprint density at radius 1 is 1.24 bits per heavy atom. The third kappa shape index (κ3) is 4.65. The van der Waals surface area contributed by atoms with Gasteiger partial charge in [-0.2, -0.15) is 0 Å². The fourth-order valence-electron chi connectivity index (χ4n) is 1.48.